The number of rotatable bonds is 4. The van der Waals surface area contributed by atoms with Crippen LogP contribution in [-0.2, 0) is 10.2 Å². The van der Waals surface area contributed by atoms with Crippen molar-refractivity contribution in [1.29, 1.82) is 0 Å². The maximum Gasteiger partial charge on any atom is 0.314 e. The highest BCUT2D eigenvalue weighted by Gasteiger charge is 2.34. The molecule has 5 heteroatoms. The van der Waals surface area contributed by atoms with Gasteiger partial charge in [0.25, 0.3) is 0 Å². The van der Waals surface area contributed by atoms with Gasteiger partial charge in [0.05, 0.1) is 0 Å². The van der Waals surface area contributed by atoms with Crippen LogP contribution in [0.3, 0.4) is 0 Å². The lowest BCUT2D eigenvalue weighted by Crippen LogP contribution is -2.47. The summed E-state index contributed by atoms with van der Waals surface area (Å²) in [5, 5.41) is 5.77. The second-order valence-electron chi connectivity index (χ2n) is 5.12. The molecule has 1 aromatic rings. The first-order chi connectivity index (χ1) is 9.66. The Morgan fingerprint density at radius 1 is 1.35 bits per heavy atom. The molecule has 0 bridgehead atoms. The monoisotopic (exact) mass is 340 g/mol. The van der Waals surface area contributed by atoms with Crippen LogP contribution < -0.4 is 10.6 Å². The number of carbonyl (C=O) groups is 1. The van der Waals surface area contributed by atoms with Crippen molar-refractivity contribution in [2.45, 2.75) is 25.2 Å². The van der Waals surface area contributed by atoms with Crippen molar-refractivity contribution in [3.63, 3.8) is 0 Å². The molecule has 1 aliphatic rings. The van der Waals surface area contributed by atoms with Crippen LogP contribution in [0.4, 0.5) is 4.79 Å². The van der Waals surface area contributed by atoms with E-state index in [0.29, 0.717) is 13.1 Å². The molecule has 0 atom stereocenters. The Morgan fingerprint density at radius 2 is 2.10 bits per heavy atom. The number of ether oxygens (including phenoxy) is 1. The summed E-state index contributed by atoms with van der Waals surface area (Å²) in [5.41, 5.74) is 1.22. The van der Waals surface area contributed by atoms with Crippen LogP contribution in [0.25, 0.3) is 0 Å². The standard InChI is InChI=1S/C15H21BrN2O2/c1-2-17-14(19)18-11-15(6-8-20-9-7-15)12-4-3-5-13(16)10-12/h3-5,10H,2,6-9,11H2,1H3,(H2,17,18,19). The highest BCUT2D eigenvalue weighted by Crippen LogP contribution is 2.35. The first kappa shape index (κ1) is 15.3. The number of amides is 2. The topological polar surface area (TPSA) is 50.4 Å². The van der Waals surface area contributed by atoms with Gasteiger partial charge in [0.1, 0.15) is 0 Å². The van der Waals surface area contributed by atoms with Crippen molar-refractivity contribution in [2.24, 2.45) is 0 Å². The summed E-state index contributed by atoms with van der Waals surface area (Å²) in [4.78, 5) is 11.7. The first-order valence-corrected chi connectivity index (χ1v) is 7.81. The minimum atomic E-state index is -0.103. The maximum atomic E-state index is 11.7. The summed E-state index contributed by atoms with van der Waals surface area (Å²) in [5.74, 6) is 0. The van der Waals surface area contributed by atoms with E-state index in [1.165, 1.54) is 5.56 Å². The summed E-state index contributed by atoms with van der Waals surface area (Å²) >= 11 is 3.53. The largest absolute Gasteiger partial charge is 0.381 e. The van der Waals surface area contributed by atoms with Gasteiger partial charge in [0.15, 0.2) is 0 Å². The van der Waals surface area contributed by atoms with Crippen LogP contribution >= 0.6 is 15.9 Å². The minimum Gasteiger partial charge on any atom is -0.381 e. The summed E-state index contributed by atoms with van der Waals surface area (Å²) in [6.45, 7) is 4.67. The van der Waals surface area contributed by atoms with E-state index in [2.05, 4.69) is 38.7 Å². The predicted octanol–water partition coefficient (Wildman–Crippen LogP) is 2.82. The molecule has 4 nitrogen and oxygen atoms in total. The Kier molecular flexibility index (Phi) is 5.43. The Bertz CT molecular complexity index is 459. The van der Waals surface area contributed by atoms with E-state index in [-0.39, 0.29) is 11.4 Å². The summed E-state index contributed by atoms with van der Waals surface area (Å²) in [6.07, 6.45) is 1.85. The Hall–Kier alpha value is -1.07. The van der Waals surface area contributed by atoms with Crippen LogP contribution in [-0.4, -0.2) is 32.3 Å². The number of carbonyl (C=O) groups excluding carboxylic acids is 1. The molecule has 1 fully saturated rings. The van der Waals surface area contributed by atoms with Crippen LogP contribution in [0, 0.1) is 0 Å². The van der Waals surface area contributed by atoms with Gasteiger partial charge in [-0.15, -0.1) is 0 Å². The highest BCUT2D eigenvalue weighted by molar-refractivity contribution is 9.10. The summed E-state index contributed by atoms with van der Waals surface area (Å²) < 4.78 is 6.56. The molecule has 1 aliphatic heterocycles. The fourth-order valence-corrected chi connectivity index (χ4v) is 3.02. The second kappa shape index (κ2) is 7.09. The third-order valence-electron chi connectivity index (χ3n) is 3.81. The first-order valence-electron chi connectivity index (χ1n) is 7.02. The van der Waals surface area contributed by atoms with Crippen molar-refractivity contribution in [2.75, 3.05) is 26.3 Å². The van der Waals surface area contributed by atoms with Crippen molar-refractivity contribution in [3.8, 4) is 0 Å². The molecular weight excluding hydrogens is 320 g/mol. The van der Waals surface area contributed by atoms with Crippen molar-refractivity contribution >= 4 is 22.0 Å². The van der Waals surface area contributed by atoms with Gasteiger partial charge in [-0.05, 0) is 37.5 Å². The van der Waals surface area contributed by atoms with Crippen molar-refractivity contribution < 1.29 is 9.53 Å². The minimum absolute atomic E-state index is 0.0346. The van der Waals surface area contributed by atoms with E-state index >= 15 is 0 Å². The number of nitrogens with one attached hydrogen (secondary N) is 2. The number of benzene rings is 1. The zero-order chi connectivity index (χ0) is 14.4. The normalized spacial score (nSPS) is 17.5. The quantitative estimate of drug-likeness (QED) is 0.885. The lowest BCUT2D eigenvalue weighted by molar-refractivity contribution is 0.0507. The third kappa shape index (κ3) is 3.73. The highest BCUT2D eigenvalue weighted by atomic mass is 79.9. The molecule has 2 N–H and O–H groups in total. The second-order valence-corrected chi connectivity index (χ2v) is 6.03. The Labute approximate surface area is 128 Å². The third-order valence-corrected chi connectivity index (χ3v) is 4.30. The number of halogens is 1. The van der Waals surface area contributed by atoms with Crippen LogP contribution in [0.15, 0.2) is 28.7 Å². The van der Waals surface area contributed by atoms with E-state index < -0.39 is 0 Å². The lowest BCUT2D eigenvalue weighted by atomic mass is 9.74. The molecule has 0 spiro atoms. The van der Waals surface area contributed by atoms with Crippen LogP contribution in [0.1, 0.15) is 25.3 Å². The zero-order valence-electron chi connectivity index (χ0n) is 11.7. The average Bonchev–Trinajstić information content (AvgIpc) is 2.46. The number of hydrogen-bond acceptors (Lipinski definition) is 2. The molecule has 1 aromatic carbocycles. The maximum absolute atomic E-state index is 11.7. The summed E-state index contributed by atoms with van der Waals surface area (Å²) in [7, 11) is 0. The molecule has 0 aliphatic carbocycles. The Morgan fingerprint density at radius 3 is 2.75 bits per heavy atom. The predicted molar refractivity (Wildman–Crippen MR) is 82.9 cm³/mol. The van der Waals surface area contributed by atoms with E-state index in [4.69, 9.17) is 4.74 Å². The summed E-state index contributed by atoms with van der Waals surface area (Å²) in [6, 6.07) is 8.24. The smallest absolute Gasteiger partial charge is 0.314 e. The molecule has 1 saturated heterocycles. The van der Waals surface area contributed by atoms with Crippen molar-refractivity contribution in [3.05, 3.63) is 34.3 Å². The molecule has 0 aromatic heterocycles. The van der Waals surface area contributed by atoms with Crippen molar-refractivity contribution in [1.82, 2.24) is 10.6 Å². The van der Waals surface area contributed by atoms with E-state index in [1.807, 2.05) is 19.1 Å². The van der Waals surface area contributed by atoms with Crippen LogP contribution in [0.2, 0.25) is 0 Å². The van der Waals surface area contributed by atoms with Gasteiger partial charge in [0, 0.05) is 36.2 Å². The van der Waals surface area contributed by atoms with Gasteiger partial charge in [-0.3, -0.25) is 0 Å². The van der Waals surface area contributed by atoms with Crippen LogP contribution in [0.5, 0.6) is 0 Å². The van der Waals surface area contributed by atoms with Gasteiger partial charge < -0.3 is 15.4 Å². The molecule has 20 heavy (non-hydrogen) atoms. The lowest BCUT2D eigenvalue weighted by Gasteiger charge is -2.38. The van der Waals surface area contributed by atoms with E-state index in [1.54, 1.807) is 0 Å². The van der Waals surface area contributed by atoms with Gasteiger partial charge >= 0.3 is 6.03 Å². The van der Waals surface area contributed by atoms with E-state index in [0.717, 1.165) is 30.5 Å². The van der Waals surface area contributed by atoms with E-state index in [9.17, 15) is 4.79 Å². The Balaban J connectivity index is 2.15. The molecule has 1 heterocycles. The number of hydrogen-bond donors (Lipinski definition) is 2. The molecule has 110 valence electrons. The van der Waals surface area contributed by atoms with Gasteiger partial charge in [-0.25, -0.2) is 4.79 Å². The fourth-order valence-electron chi connectivity index (χ4n) is 2.62. The number of urea groups is 1. The van der Waals surface area contributed by atoms with Gasteiger partial charge in [0.2, 0.25) is 0 Å². The fraction of sp³-hybridized carbons (Fsp3) is 0.533. The SMILES string of the molecule is CCNC(=O)NCC1(c2cccc(Br)c2)CCOCC1. The molecule has 0 unspecified atom stereocenters. The average molecular weight is 341 g/mol. The van der Waals surface area contributed by atoms with Gasteiger partial charge in [-0.1, -0.05) is 28.1 Å². The van der Waals surface area contributed by atoms with Gasteiger partial charge in [-0.2, -0.15) is 0 Å². The molecule has 2 amide bonds. The molecule has 0 radical (unpaired) electrons. The molecular formula is C15H21BrN2O2. The molecule has 2 rings (SSSR count). The molecule has 0 saturated carbocycles. The zero-order valence-corrected chi connectivity index (χ0v) is 13.3.